The molecule has 194 valence electrons. The molecule has 0 radical (unpaired) electrons. The van der Waals surface area contributed by atoms with E-state index < -0.39 is 23.8 Å². The predicted molar refractivity (Wildman–Crippen MR) is 134 cm³/mol. The topological polar surface area (TPSA) is 0 Å². The van der Waals surface area contributed by atoms with Crippen LogP contribution in [0.1, 0.15) is 134 Å². The van der Waals surface area contributed by atoms with E-state index in [0.29, 0.717) is 5.92 Å². The van der Waals surface area contributed by atoms with Gasteiger partial charge in [0, 0.05) is 12.0 Å². The van der Waals surface area contributed by atoms with Crippen LogP contribution in [0.4, 0.5) is 17.6 Å². The van der Waals surface area contributed by atoms with Crippen LogP contribution in [0.25, 0.3) is 0 Å². The van der Waals surface area contributed by atoms with Crippen LogP contribution < -0.4 is 0 Å². The molecule has 0 atom stereocenters. The summed E-state index contributed by atoms with van der Waals surface area (Å²) >= 11 is 0. The maximum Gasteiger partial charge on any atom is 0.335 e. The number of hydrogen-bond acceptors (Lipinski definition) is 0. The summed E-state index contributed by atoms with van der Waals surface area (Å²) in [5, 5.41) is 0. The summed E-state index contributed by atoms with van der Waals surface area (Å²) in [6, 6.07) is 5.80. The van der Waals surface area contributed by atoms with E-state index in [1.54, 1.807) is 12.1 Å². The Kier molecular flexibility index (Phi) is 10.3. The van der Waals surface area contributed by atoms with E-state index in [4.69, 9.17) is 0 Å². The third kappa shape index (κ3) is 7.00. The summed E-state index contributed by atoms with van der Waals surface area (Å²) in [6.07, 6.45) is 17.7. The molecule has 3 rings (SSSR count). The van der Waals surface area contributed by atoms with Crippen LogP contribution in [0.3, 0.4) is 0 Å². The first kappa shape index (κ1) is 27.5. The Balaban J connectivity index is 1.43. The number of rotatable bonds is 12. The molecule has 0 N–H and O–H groups in total. The number of unbranched alkanes of at least 4 members (excludes halogenated alkanes) is 4. The van der Waals surface area contributed by atoms with Crippen molar-refractivity contribution in [1.82, 2.24) is 0 Å². The van der Waals surface area contributed by atoms with Crippen molar-refractivity contribution >= 4 is 0 Å². The third-order valence-corrected chi connectivity index (χ3v) is 8.81. The molecule has 0 aromatic heterocycles. The molecule has 2 saturated carbocycles. The second kappa shape index (κ2) is 12.8. The highest BCUT2D eigenvalue weighted by Crippen LogP contribution is 2.47. The molecule has 0 heterocycles. The van der Waals surface area contributed by atoms with E-state index in [-0.39, 0.29) is 6.42 Å². The lowest BCUT2D eigenvalue weighted by Crippen LogP contribution is -2.37. The van der Waals surface area contributed by atoms with Crippen molar-refractivity contribution in [2.75, 3.05) is 0 Å². The van der Waals surface area contributed by atoms with E-state index >= 15 is 0 Å². The first-order chi connectivity index (χ1) is 16.3. The lowest BCUT2D eigenvalue weighted by atomic mass is 9.68. The van der Waals surface area contributed by atoms with Crippen LogP contribution in [0.15, 0.2) is 24.3 Å². The molecule has 0 nitrogen and oxygen atoms in total. The normalized spacial score (nSPS) is 26.5. The highest BCUT2D eigenvalue weighted by Gasteiger charge is 2.56. The van der Waals surface area contributed by atoms with Gasteiger partial charge in [-0.25, -0.2) is 0 Å². The summed E-state index contributed by atoms with van der Waals surface area (Å²) < 4.78 is 56.6. The molecule has 0 saturated heterocycles. The summed E-state index contributed by atoms with van der Waals surface area (Å²) in [5.74, 6) is -5.15. The molecule has 34 heavy (non-hydrogen) atoms. The van der Waals surface area contributed by atoms with Gasteiger partial charge in [0.05, 0.1) is 0 Å². The predicted octanol–water partition coefficient (Wildman–Crippen LogP) is 10.7. The van der Waals surface area contributed by atoms with Gasteiger partial charge in [-0.1, -0.05) is 95.9 Å². The fraction of sp³-hybridized carbons (Fsp3) is 0.800. The van der Waals surface area contributed by atoms with Crippen molar-refractivity contribution < 1.29 is 17.6 Å². The van der Waals surface area contributed by atoms with Gasteiger partial charge in [-0.2, -0.15) is 17.6 Å². The van der Waals surface area contributed by atoms with Gasteiger partial charge >= 0.3 is 11.8 Å². The van der Waals surface area contributed by atoms with Gasteiger partial charge in [-0.15, -0.1) is 0 Å². The second-order valence-electron chi connectivity index (χ2n) is 11.2. The Labute approximate surface area is 205 Å². The Morgan fingerprint density at radius 1 is 0.676 bits per heavy atom. The van der Waals surface area contributed by atoms with Crippen molar-refractivity contribution in [2.45, 2.75) is 134 Å². The summed E-state index contributed by atoms with van der Waals surface area (Å²) in [7, 11) is 0. The lowest BCUT2D eigenvalue weighted by Gasteiger charge is -2.38. The molecule has 0 amide bonds. The first-order valence-electron chi connectivity index (χ1n) is 14.1. The molecule has 1 aromatic rings. The van der Waals surface area contributed by atoms with E-state index in [2.05, 4.69) is 6.92 Å². The highest BCUT2D eigenvalue weighted by atomic mass is 19.3. The number of hydrogen-bond donors (Lipinski definition) is 0. The van der Waals surface area contributed by atoms with Crippen LogP contribution in [0.5, 0.6) is 0 Å². The van der Waals surface area contributed by atoms with Gasteiger partial charge in [0.25, 0.3) is 0 Å². The molecule has 0 bridgehead atoms. The van der Waals surface area contributed by atoms with Crippen LogP contribution in [-0.4, -0.2) is 5.92 Å². The molecule has 2 fully saturated rings. The zero-order valence-corrected chi connectivity index (χ0v) is 21.4. The average Bonchev–Trinajstić information content (AvgIpc) is 2.84. The highest BCUT2D eigenvalue weighted by molar-refractivity contribution is 5.29. The smallest absolute Gasteiger partial charge is 0.199 e. The monoisotopic (exact) mass is 482 g/mol. The molecular weight excluding hydrogens is 436 g/mol. The van der Waals surface area contributed by atoms with Crippen molar-refractivity contribution in [2.24, 2.45) is 17.8 Å². The van der Waals surface area contributed by atoms with Gasteiger partial charge in [-0.3, -0.25) is 0 Å². The fourth-order valence-electron chi connectivity index (χ4n) is 6.56. The Morgan fingerprint density at radius 2 is 1.24 bits per heavy atom. The molecule has 0 unspecified atom stereocenters. The summed E-state index contributed by atoms with van der Waals surface area (Å²) in [6.45, 7) is 3.77. The van der Waals surface area contributed by atoms with Crippen molar-refractivity contribution in [3.63, 3.8) is 0 Å². The zero-order valence-electron chi connectivity index (χ0n) is 21.4. The van der Waals surface area contributed by atoms with Crippen molar-refractivity contribution in [1.29, 1.82) is 0 Å². The Bertz CT molecular complexity index is 695. The van der Waals surface area contributed by atoms with Gasteiger partial charge in [-0.05, 0) is 67.8 Å². The van der Waals surface area contributed by atoms with Gasteiger partial charge < -0.3 is 0 Å². The molecule has 0 aliphatic heterocycles. The van der Waals surface area contributed by atoms with E-state index in [0.717, 1.165) is 36.2 Å². The van der Waals surface area contributed by atoms with Crippen LogP contribution in [0.2, 0.25) is 0 Å². The van der Waals surface area contributed by atoms with Crippen molar-refractivity contribution in [3.8, 4) is 0 Å². The Hall–Kier alpha value is -1.06. The van der Waals surface area contributed by atoms with Crippen LogP contribution in [-0.2, 0) is 5.92 Å². The third-order valence-electron chi connectivity index (χ3n) is 8.81. The lowest BCUT2D eigenvalue weighted by molar-refractivity contribution is -0.219. The van der Waals surface area contributed by atoms with Crippen molar-refractivity contribution in [3.05, 3.63) is 35.4 Å². The number of benzene rings is 1. The fourth-order valence-corrected chi connectivity index (χ4v) is 6.56. The first-order valence-corrected chi connectivity index (χ1v) is 14.1. The van der Waals surface area contributed by atoms with Gasteiger partial charge in [0.1, 0.15) is 0 Å². The molecule has 2 aliphatic carbocycles. The van der Waals surface area contributed by atoms with E-state index in [9.17, 15) is 17.6 Å². The number of alkyl halides is 4. The van der Waals surface area contributed by atoms with Crippen LogP contribution in [0, 0.1) is 17.8 Å². The summed E-state index contributed by atoms with van der Waals surface area (Å²) in [5.41, 5.74) is 0.467. The standard InChI is InChI=1S/C30H46F4/c1-3-5-6-7-8-9-23-10-12-24(13-11-23)25-14-16-26(17-15-25)27-18-20-28(21-19-27)30(33,34)29(31,32)22-4-2/h18-21,23-26H,3-17,22H2,1-2H3/t23-,24-,25?,26?. The molecule has 1 aromatic carbocycles. The van der Waals surface area contributed by atoms with E-state index in [1.807, 2.05) is 0 Å². The molecule has 2 aliphatic rings. The largest absolute Gasteiger partial charge is 0.335 e. The second-order valence-corrected chi connectivity index (χ2v) is 11.2. The summed E-state index contributed by atoms with van der Waals surface area (Å²) in [4.78, 5) is 0. The van der Waals surface area contributed by atoms with E-state index in [1.165, 1.54) is 96.1 Å². The van der Waals surface area contributed by atoms with Gasteiger partial charge in [0.15, 0.2) is 0 Å². The average molecular weight is 483 g/mol. The van der Waals surface area contributed by atoms with Crippen LogP contribution >= 0.6 is 0 Å². The molecule has 4 heteroatoms. The molecule has 0 spiro atoms. The quantitative estimate of drug-likeness (QED) is 0.205. The minimum atomic E-state index is -4.12. The van der Waals surface area contributed by atoms with Gasteiger partial charge in [0.2, 0.25) is 0 Å². The SMILES string of the molecule is CCCCCCC[C@H]1CC[C@H](C2CCC(c3ccc(C(F)(F)C(F)(F)CCC)cc3)CC2)CC1. The zero-order chi connectivity index (χ0) is 24.6. The number of halogens is 4. The maximum atomic E-state index is 14.3. The molecular formula is C30H46F4. The minimum absolute atomic E-state index is 0.0324. The maximum absolute atomic E-state index is 14.3. The minimum Gasteiger partial charge on any atom is -0.199 e. The Morgan fingerprint density at radius 3 is 1.79 bits per heavy atom.